The first-order valence-corrected chi connectivity index (χ1v) is 5.51. The van der Waals surface area contributed by atoms with Crippen LogP contribution in [0.25, 0.3) is 0 Å². The fraction of sp³-hybridized carbons (Fsp3) is 0.833. The van der Waals surface area contributed by atoms with E-state index in [1.165, 1.54) is 0 Å². The van der Waals surface area contributed by atoms with Crippen LogP contribution in [0.2, 0.25) is 0 Å². The first-order valence-electron chi connectivity index (χ1n) is 3.75. The second kappa shape index (κ2) is 5.34. The summed E-state index contributed by atoms with van der Waals surface area (Å²) in [7, 11) is -2.37. The maximum Gasteiger partial charge on any atom is 0.327 e. The molecule has 2 atom stereocenters. The summed E-state index contributed by atoms with van der Waals surface area (Å²) in [6, 6.07) is -0.975. The van der Waals surface area contributed by atoms with Crippen LogP contribution >= 0.6 is 7.60 Å². The molecular formula is C6H14NO5P. The van der Waals surface area contributed by atoms with Crippen LogP contribution < -0.4 is 5.73 Å². The molecule has 0 radical (unpaired) electrons. The summed E-state index contributed by atoms with van der Waals surface area (Å²) < 4.78 is 15.2. The molecule has 0 fully saturated rings. The minimum atomic E-state index is -3.51. The molecule has 0 aliphatic heterocycles. The Kier molecular flexibility index (Phi) is 5.17. The molecule has 7 heteroatoms. The molecule has 0 aromatic rings. The van der Waals surface area contributed by atoms with Crippen LogP contribution in [0.4, 0.5) is 0 Å². The van der Waals surface area contributed by atoms with Gasteiger partial charge in [-0.25, -0.2) is 0 Å². The highest BCUT2D eigenvalue weighted by Gasteiger charge is 2.18. The average molecular weight is 211 g/mol. The Morgan fingerprint density at radius 1 is 1.69 bits per heavy atom. The molecule has 0 rings (SSSR count). The van der Waals surface area contributed by atoms with E-state index in [2.05, 4.69) is 4.52 Å². The molecule has 13 heavy (non-hydrogen) atoms. The van der Waals surface area contributed by atoms with Gasteiger partial charge < -0.3 is 20.3 Å². The molecule has 0 aliphatic rings. The first-order chi connectivity index (χ1) is 5.89. The van der Waals surface area contributed by atoms with Crippen molar-refractivity contribution in [3.63, 3.8) is 0 Å². The molecule has 0 aromatic carbocycles. The van der Waals surface area contributed by atoms with Gasteiger partial charge >= 0.3 is 13.6 Å². The number of carboxylic acid groups (broad SMARTS) is 1. The number of rotatable bonds is 6. The van der Waals surface area contributed by atoms with Gasteiger partial charge in [0.05, 0.1) is 6.16 Å². The number of hydrogen-bond acceptors (Lipinski definition) is 4. The van der Waals surface area contributed by atoms with Gasteiger partial charge in [0.25, 0.3) is 0 Å². The van der Waals surface area contributed by atoms with Crippen LogP contribution in [-0.2, 0) is 13.9 Å². The van der Waals surface area contributed by atoms with Gasteiger partial charge in [-0.1, -0.05) is 0 Å². The van der Waals surface area contributed by atoms with Crippen molar-refractivity contribution in [3.05, 3.63) is 0 Å². The first kappa shape index (κ1) is 12.6. The van der Waals surface area contributed by atoms with E-state index in [0.717, 1.165) is 7.11 Å². The van der Waals surface area contributed by atoms with Gasteiger partial charge in [-0.15, -0.1) is 0 Å². The monoisotopic (exact) mass is 211 g/mol. The Bertz CT molecular complexity index is 219. The highest BCUT2D eigenvalue weighted by molar-refractivity contribution is 7.52. The van der Waals surface area contributed by atoms with E-state index in [1.807, 2.05) is 0 Å². The summed E-state index contributed by atoms with van der Waals surface area (Å²) in [5.41, 5.74) is 5.18. The Labute approximate surface area is 76.2 Å². The molecule has 0 amide bonds. The van der Waals surface area contributed by atoms with E-state index in [-0.39, 0.29) is 19.0 Å². The normalized spacial score (nSPS) is 17.8. The molecule has 0 spiro atoms. The number of nitrogens with two attached hydrogens (primary N) is 1. The Morgan fingerprint density at radius 2 is 2.23 bits per heavy atom. The number of hydrogen-bond donors (Lipinski definition) is 3. The summed E-state index contributed by atoms with van der Waals surface area (Å²) in [6.45, 7) is 0. The Morgan fingerprint density at radius 3 is 2.62 bits per heavy atom. The lowest BCUT2D eigenvalue weighted by Crippen LogP contribution is -2.30. The topological polar surface area (TPSA) is 110 Å². The average Bonchev–Trinajstić information content (AvgIpc) is 2.04. The third-order valence-electron chi connectivity index (χ3n) is 1.56. The highest BCUT2D eigenvalue weighted by atomic mass is 31.2. The van der Waals surface area contributed by atoms with Crippen molar-refractivity contribution in [2.45, 2.75) is 18.9 Å². The molecule has 78 valence electrons. The van der Waals surface area contributed by atoms with Crippen LogP contribution in [0.1, 0.15) is 12.8 Å². The maximum atomic E-state index is 10.9. The minimum Gasteiger partial charge on any atom is -0.480 e. The smallest absolute Gasteiger partial charge is 0.327 e. The molecule has 4 N–H and O–H groups in total. The van der Waals surface area contributed by atoms with Crippen molar-refractivity contribution in [1.82, 2.24) is 0 Å². The summed E-state index contributed by atoms with van der Waals surface area (Å²) >= 11 is 0. The third-order valence-corrected chi connectivity index (χ3v) is 3.01. The zero-order valence-electron chi connectivity index (χ0n) is 7.34. The second-order valence-corrected chi connectivity index (χ2v) is 4.72. The molecule has 6 nitrogen and oxygen atoms in total. The van der Waals surface area contributed by atoms with Crippen molar-refractivity contribution >= 4 is 13.6 Å². The van der Waals surface area contributed by atoms with Crippen LogP contribution in [0.5, 0.6) is 0 Å². The molecule has 0 bridgehead atoms. The van der Waals surface area contributed by atoms with Crippen molar-refractivity contribution in [3.8, 4) is 0 Å². The number of carbonyl (C=O) groups is 1. The fourth-order valence-electron chi connectivity index (χ4n) is 0.726. The van der Waals surface area contributed by atoms with Gasteiger partial charge in [-0.05, 0) is 12.8 Å². The quantitative estimate of drug-likeness (QED) is 0.534. The Hall–Kier alpha value is -0.420. The summed E-state index contributed by atoms with van der Waals surface area (Å²) in [4.78, 5) is 19.2. The van der Waals surface area contributed by atoms with Crippen molar-refractivity contribution in [2.75, 3.05) is 13.3 Å². The molecule has 0 aromatic heterocycles. The minimum absolute atomic E-state index is 0.0650. The van der Waals surface area contributed by atoms with Crippen molar-refractivity contribution < 1.29 is 23.9 Å². The van der Waals surface area contributed by atoms with Gasteiger partial charge in [0.2, 0.25) is 0 Å². The summed E-state index contributed by atoms with van der Waals surface area (Å²) in [5, 5.41) is 8.38. The van der Waals surface area contributed by atoms with Gasteiger partial charge in [0.1, 0.15) is 6.04 Å². The zero-order chi connectivity index (χ0) is 10.5. The summed E-state index contributed by atoms with van der Waals surface area (Å²) in [6.07, 6.45) is 0.364. The van der Waals surface area contributed by atoms with Crippen LogP contribution in [0.15, 0.2) is 0 Å². The van der Waals surface area contributed by atoms with Gasteiger partial charge in [-0.3, -0.25) is 9.36 Å². The molecule has 0 saturated heterocycles. The van der Waals surface area contributed by atoms with Crippen LogP contribution in [0.3, 0.4) is 0 Å². The SMILES string of the molecule is COP(=O)(O)CCCC(N)C(=O)O. The highest BCUT2D eigenvalue weighted by Crippen LogP contribution is 2.41. The van der Waals surface area contributed by atoms with E-state index in [0.29, 0.717) is 0 Å². The third kappa shape index (κ3) is 5.76. The van der Waals surface area contributed by atoms with Crippen LogP contribution in [0, 0.1) is 0 Å². The van der Waals surface area contributed by atoms with Gasteiger partial charge in [0, 0.05) is 7.11 Å². The second-order valence-electron chi connectivity index (χ2n) is 2.63. The van der Waals surface area contributed by atoms with Crippen molar-refractivity contribution in [1.29, 1.82) is 0 Å². The lowest BCUT2D eigenvalue weighted by molar-refractivity contribution is -0.138. The van der Waals surface area contributed by atoms with E-state index in [9.17, 15) is 9.36 Å². The van der Waals surface area contributed by atoms with Gasteiger partial charge in [0.15, 0.2) is 0 Å². The maximum absolute atomic E-state index is 10.9. The standard InChI is InChI=1S/C6H14NO5P/c1-12-13(10,11)4-2-3-5(7)6(8)9/h5H,2-4,7H2,1H3,(H,8,9)(H,10,11). The van der Waals surface area contributed by atoms with E-state index in [1.54, 1.807) is 0 Å². The van der Waals surface area contributed by atoms with Crippen molar-refractivity contribution in [2.24, 2.45) is 5.73 Å². The predicted octanol–water partition coefficient (Wildman–Crippen LogP) is 0.0103. The number of carboxylic acids is 1. The van der Waals surface area contributed by atoms with E-state index >= 15 is 0 Å². The molecule has 0 heterocycles. The zero-order valence-corrected chi connectivity index (χ0v) is 8.24. The van der Waals surface area contributed by atoms with E-state index in [4.69, 9.17) is 15.7 Å². The number of aliphatic carboxylic acids is 1. The summed E-state index contributed by atoms with van der Waals surface area (Å²) in [5.74, 6) is -1.11. The van der Waals surface area contributed by atoms with Crippen LogP contribution in [-0.4, -0.2) is 35.3 Å². The molecular weight excluding hydrogens is 197 g/mol. The predicted molar refractivity (Wildman–Crippen MR) is 46.5 cm³/mol. The molecule has 0 aliphatic carbocycles. The van der Waals surface area contributed by atoms with E-state index < -0.39 is 19.6 Å². The lowest BCUT2D eigenvalue weighted by Gasteiger charge is -2.09. The van der Waals surface area contributed by atoms with Gasteiger partial charge in [-0.2, -0.15) is 0 Å². The Balaban J connectivity index is 3.68. The largest absolute Gasteiger partial charge is 0.480 e. The molecule has 2 unspecified atom stereocenters. The molecule has 0 saturated carbocycles. The lowest BCUT2D eigenvalue weighted by atomic mass is 10.2. The fourth-order valence-corrected chi connectivity index (χ4v) is 1.49.